The third kappa shape index (κ3) is 4.99. The van der Waals surface area contributed by atoms with E-state index >= 15 is 0 Å². The molecule has 4 heteroatoms. The second-order valence-electron chi connectivity index (χ2n) is 4.57. The lowest BCUT2D eigenvalue weighted by molar-refractivity contribution is 0.221. The van der Waals surface area contributed by atoms with Gasteiger partial charge in [0, 0.05) is 21.6 Å². The van der Waals surface area contributed by atoms with Crippen LogP contribution in [0.1, 0.15) is 26.2 Å². The van der Waals surface area contributed by atoms with E-state index in [4.69, 9.17) is 27.9 Å². The molecule has 102 valence electrons. The molecule has 0 radical (unpaired) electrons. The number of benzene rings is 1. The third-order valence-corrected chi connectivity index (χ3v) is 4.67. The van der Waals surface area contributed by atoms with Gasteiger partial charge in [0.25, 0.3) is 0 Å². The largest absolute Gasteiger partial charge is 0.494 e. The lowest BCUT2D eigenvalue weighted by Gasteiger charge is -2.29. The fourth-order valence-electron chi connectivity index (χ4n) is 1.90. The van der Waals surface area contributed by atoms with E-state index in [1.165, 1.54) is 0 Å². The molecule has 0 fully saturated rings. The first-order valence-corrected chi connectivity index (χ1v) is 8.02. The summed E-state index contributed by atoms with van der Waals surface area (Å²) in [6.07, 6.45) is 3.03. The number of rotatable bonds is 8. The van der Waals surface area contributed by atoms with Crippen molar-refractivity contribution in [2.24, 2.45) is 5.41 Å². The summed E-state index contributed by atoms with van der Waals surface area (Å²) in [5.74, 6) is 2.05. The van der Waals surface area contributed by atoms with Gasteiger partial charge in [0.1, 0.15) is 5.75 Å². The van der Waals surface area contributed by atoms with Crippen LogP contribution in [0.2, 0.25) is 0 Å². The van der Waals surface area contributed by atoms with Crippen molar-refractivity contribution in [1.82, 2.24) is 0 Å². The van der Waals surface area contributed by atoms with Gasteiger partial charge >= 0.3 is 0 Å². The summed E-state index contributed by atoms with van der Waals surface area (Å²) in [6.45, 7) is 2.80. The molecule has 1 aromatic rings. The Morgan fingerprint density at radius 1 is 1.22 bits per heavy atom. The SMILES string of the molecule is CCCC(CCl)(CCl)CCOc1cccc(Br)c1. The minimum Gasteiger partial charge on any atom is -0.494 e. The van der Waals surface area contributed by atoms with Crippen molar-refractivity contribution in [3.8, 4) is 5.75 Å². The second kappa shape index (κ2) is 8.29. The highest BCUT2D eigenvalue weighted by atomic mass is 79.9. The van der Waals surface area contributed by atoms with Crippen LogP contribution < -0.4 is 4.74 Å². The van der Waals surface area contributed by atoms with Crippen molar-refractivity contribution in [1.29, 1.82) is 0 Å². The fourth-order valence-corrected chi connectivity index (χ4v) is 3.10. The highest BCUT2D eigenvalue weighted by Crippen LogP contribution is 2.31. The van der Waals surface area contributed by atoms with E-state index < -0.39 is 0 Å². The van der Waals surface area contributed by atoms with Gasteiger partial charge in [-0.15, -0.1) is 23.2 Å². The average Bonchev–Trinajstić information content (AvgIpc) is 2.38. The van der Waals surface area contributed by atoms with Crippen molar-refractivity contribution < 1.29 is 4.74 Å². The van der Waals surface area contributed by atoms with E-state index in [2.05, 4.69) is 22.9 Å². The molecule has 1 aromatic carbocycles. The zero-order valence-corrected chi connectivity index (χ0v) is 13.7. The second-order valence-corrected chi connectivity index (χ2v) is 6.02. The van der Waals surface area contributed by atoms with E-state index in [0.29, 0.717) is 18.4 Å². The maximum absolute atomic E-state index is 6.06. The normalized spacial score (nSPS) is 11.6. The van der Waals surface area contributed by atoms with Crippen molar-refractivity contribution in [2.45, 2.75) is 26.2 Å². The summed E-state index contributed by atoms with van der Waals surface area (Å²) >= 11 is 15.5. The van der Waals surface area contributed by atoms with Crippen LogP contribution in [0.4, 0.5) is 0 Å². The number of hydrogen-bond donors (Lipinski definition) is 0. The number of ether oxygens (including phenoxy) is 1. The molecule has 0 saturated carbocycles. The number of hydrogen-bond acceptors (Lipinski definition) is 1. The standard InChI is InChI=1S/C14H19BrCl2O/c1-2-6-14(10-16,11-17)7-8-18-13-5-3-4-12(15)9-13/h3-5,9H,2,6-8,10-11H2,1H3. The number of halogens is 3. The molecule has 0 aliphatic carbocycles. The maximum Gasteiger partial charge on any atom is 0.120 e. The van der Waals surface area contributed by atoms with Crippen LogP contribution in [-0.2, 0) is 0 Å². The predicted octanol–water partition coefficient (Wildman–Crippen LogP) is 5.48. The smallest absolute Gasteiger partial charge is 0.120 e. The van der Waals surface area contributed by atoms with Crippen LogP contribution in [0.5, 0.6) is 5.75 Å². The van der Waals surface area contributed by atoms with Gasteiger partial charge in [-0.3, -0.25) is 0 Å². The Labute approximate surface area is 128 Å². The molecule has 0 spiro atoms. The summed E-state index contributed by atoms with van der Waals surface area (Å²) in [5, 5.41) is 0. The first kappa shape index (κ1) is 16.1. The molecule has 0 saturated heterocycles. The van der Waals surface area contributed by atoms with Gasteiger partial charge in [0.15, 0.2) is 0 Å². The molecule has 0 unspecified atom stereocenters. The molecule has 1 nitrogen and oxygen atoms in total. The summed E-state index contributed by atoms with van der Waals surface area (Å²) < 4.78 is 6.77. The molecular weight excluding hydrogens is 335 g/mol. The van der Waals surface area contributed by atoms with Gasteiger partial charge < -0.3 is 4.74 Å². The zero-order valence-electron chi connectivity index (χ0n) is 10.6. The Balaban J connectivity index is 2.48. The van der Waals surface area contributed by atoms with E-state index in [9.17, 15) is 0 Å². The van der Waals surface area contributed by atoms with Crippen LogP contribution in [0.15, 0.2) is 28.7 Å². The average molecular weight is 354 g/mol. The van der Waals surface area contributed by atoms with Crippen LogP contribution in [0, 0.1) is 5.41 Å². The molecule has 0 amide bonds. The lowest BCUT2D eigenvalue weighted by Crippen LogP contribution is -2.27. The summed E-state index contributed by atoms with van der Waals surface area (Å²) in [7, 11) is 0. The maximum atomic E-state index is 6.06. The zero-order chi connectivity index (χ0) is 13.4. The number of alkyl halides is 2. The van der Waals surface area contributed by atoms with Gasteiger partial charge in [-0.25, -0.2) is 0 Å². The van der Waals surface area contributed by atoms with Gasteiger partial charge in [-0.05, 0) is 31.0 Å². The third-order valence-electron chi connectivity index (χ3n) is 3.04. The first-order valence-electron chi connectivity index (χ1n) is 6.16. The molecule has 1 rings (SSSR count). The van der Waals surface area contributed by atoms with E-state index in [1.807, 2.05) is 24.3 Å². The quantitative estimate of drug-likeness (QED) is 0.562. The Morgan fingerprint density at radius 3 is 2.50 bits per heavy atom. The van der Waals surface area contributed by atoms with Gasteiger partial charge in [0.2, 0.25) is 0 Å². The highest BCUT2D eigenvalue weighted by molar-refractivity contribution is 9.10. The van der Waals surface area contributed by atoms with Crippen LogP contribution in [-0.4, -0.2) is 18.4 Å². The van der Waals surface area contributed by atoms with E-state index in [-0.39, 0.29) is 5.41 Å². The molecule has 0 aliphatic rings. The Kier molecular flexibility index (Phi) is 7.43. The van der Waals surface area contributed by atoms with Crippen molar-refractivity contribution in [3.05, 3.63) is 28.7 Å². The minimum absolute atomic E-state index is 0.00384. The van der Waals surface area contributed by atoms with Gasteiger partial charge in [-0.2, -0.15) is 0 Å². The molecule has 0 heterocycles. The molecule has 0 aromatic heterocycles. The summed E-state index contributed by atoms with van der Waals surface area (Å²) in [5.41, 5.74) is 0.00384. The Hall–Kier alpha value is 0.0800. The first-order chi connectivity index (χ1) is 8.65. The molecule has 0 aliphatic heterocycles. The van der Waals surface area contributed by atoms with Crippen LogP contribution >= 0.6 is 39.1 Å². The molecular formula is C14H19BrCl2O. The van der Waals surface area contributed by atoms with Crippen LogP contribution in [0.3, 0.4) is 0 Å². The predicted molar refractivity (Wildman–Crippen MR) is 83.0 cm³/mol. The Bertz CT molecular complexity index is 353. The monoisotopic (exact) mass is 352 g/mol. The van der Waals surface area contributed by atoms with E-state index in [1.54, 1.807) is 0 Å². The van der Waals surface area contributed by atoms with Gasteiger partial charge in [0.05, 0.1) is 6.61 Å². The van der Waals surface area contributed by atoms with Crippen molar-refractivity contribution in [3.63, 3.8) is 0 Å². The van der Waals surface area contributed by atoms with Crippen molar-refractivity contribution >= 4 is 39.1 Å². The summed E-state index contributed by atoms with van der Waals surface area (Å²) in [4.78, 5) is 0. The topological polar surface area (TPSA) is 9.23 Å². The Morgan fingerprint density at radius 2 is 1.94 bits per heavy atom. The summed E-state index contributed by atoms with van der Waals surface area (Å²) in [6, 6.07) is 7.85. The molecule has 0 atom stereocenters. The van der Waals surface area contributed by atoms with Crippen molar-refractivity contribution in [2.75, 3.05) is 18.4 Å². The molecule has 0 bridgehead atoms. The van der Waals surface area contributed by atoms with Crippen LogP contribution in [0.25, 0.3) is 0 Å². The molecule has 18 heavy (non-hydrogen) atoms. The van der Waals surface area contributed by atoms with Gasteiger partial charge in [-0.1, -0.05) is 35.3 Å². The fraction of sp³-hybridized carbons (Fsp3) is 0.571. The lowest BCUT2D eigenvalue weighted by atomic mass is 9.84. The minimum atomic E-state index is 0.00384. The van der Waals surface area contributed by atoms with E-state index in [0.717, 1.165) is 29.5 Å². The molecule has 0 N–H and O–H groups in total. The highest BCUT2D eigenvalue weighted by Gasteiger charge is 2.27.